The summed E-state index contributed by atoms with van der Waals surface area (Å²) in [6.45, 7) is 3.41. The summed E-state index contributed by atoms with van der Waals surface area (Å²) in [5.41, 5.74) is 7.83. The minimum Gasteiger partial charge on any atom is -0.398 e. The molecule has 0 spiro atoms. The highest BCUT2D eigenvalue weighted by atomic mass is 35.5. The SMILES string of the molecule is CC(=O)c1cccc(C)c1N.Cl. The summed E-state index contributed by atoms with van der Waals surface area (Å²) >= 11 is 0. The Kier molecular flexibility index (Phi) is 3.77. The van der Waals surface area contributed by atoms with Crippen LogP contribution in [0.25, 0.3) is 0 Å². The number of anilines is 1. The zero-order chi connectivity index (χ0) is 8.43. The van der Waals surface area contributed by atoms with Crippen molar-refractivity contribution < 1.29 is 4.79 Å². The highest BCUT2D eigenvalue weighted by Gasteiger charge is 2.04. The molecule has 0 atom stereocenters. The van der Waals surface area contributed by atoms with Gasteiger partial charge in [0.1, 0.15) is 0 Å². The summed E-state index contributed by atoms with van der Waals surface area (Å²) in [7, 11) is 0. The summed E-state index contributed by atoms with van der Waals surface area (Å²) in [6, 6.07) is 5.47. The third kappa shape index (κ3) is 1.98. The topological polar surface area (TPSA) is 43.1 Å². The number of hydrogen-bond acceptors (Lipinski definition) is 2. The van der Waals surface area contributed by atoms with Gasteiger partial charge in [0.15, 0.2) is 5.78 Å². The fourth-order valence-corrected chi connectivity index (χ4v) is 0.988. The molecule has 0 aliphatic heterocycles. The van der Waals surface area contributed by atoms with Gasteiger partial charge in [0.25, 0.3) is 0 Å². The van der Waals surface area contributed by atoms with Crippen LogP contribution in [-0.2, 0) is 0 Å². The minimum atomic E-state index is 0. The predicted molar refractivity (Wildman–Crippen MR) is 52.8 cm³/mol. The number of carbonyl (C=O) groups excluding carboxylic acids is 1. The standard InChI is InChI=1S/C9H11NO.ClH/c1-6-4-3-5-8(7(2)11)9(6)10;/h3-5H,10H2,1-2H3;1H. The van der Waals surface area contributed by atoms with Gasteiger partial charge >= 0.3 is 0 Å². The van der Waals surface area contributed by atoms with Crippen molar-refractivity contribution in [3.05, 3.63) is 29.3 Å². The number of carbonyl (C=O) groups is 1. The molecule has 1 aromatic carbocycles. The van der Waals surface area contributed by atoms with E-state index in [1.54, 1.807) is 6.07 Å². The maximum absolute atomic E-state index is 10.9. The van der Waals surface area contributed by atoms with E-state index in [0.29, 0.717) is 11.3 Å². The zero-order valence-electron chi connectivity index (χ0n) is 7.13. The molecule has 1 aromatic rings. The van der Waals surface area contributed by atoms with Gasteiger partial charge in [0.05, 0.1) is 0 Å². The van der Waals surface area contributed by atoms with E-state index in [-0.39, 0.29) is 18.2 Å². The van der Waals surface area contributed by atoms with E-state index in [9.17, 15) is 4.79 Å². The Morgan fingerprint density at radius 3 is 2.42 bits per heavy atom. The summed E-state index contributed by atoms with van der Waals surface area (Å²) in [4.78, 5) is 10.9. The van der Waals surface area contributed by atoms with Crippen LogP contribution in [0.1, 0.15) is 22.8 Å². The van der Waals surface area contributed by atoms with Crippen LogP contribution in [0, 0.1) is 6.92 Å². The van der Waals surface area contributed by atoms with Crippen LogP contribution >= 0.6 is 12.4 Å². The van der Waals surface area contributed by atoms with E-state index >= 15 is 0 Å². The molecular formula is C9H12ClNO. The number of para-hydroxylation sites is 1. The zero-order valence-corrected chi connectivity index (χ0v) is 7.94. The van der Waals surface area contributed by atoms with Crippen LogP contribution < -0.4 is 5.73 Å². The van der Waals surface area contributed by atoms with Gasteiger partial charge in [-0.25, -0.2) is 0 Å². The smallest absolute Gasteiger partial charge is 0.161 e. The Morgan fingerprint density at radius 1 is 1.42 bits per heavy atom. The fourth-order valence-electron chi connectivity index (χ4n) is 0.988. The molecule has 0 amide bonds. The molecule has 0 fully saturated rings. The molecule has 0 aliphatic rings. The van der Waals surface area contributed by atoms with E-state index < -0.39 is 0 Å². The Bertz CT molecular complexity index is 297. The average Bonchev–Trinajstić information content (AvgIpc) is 1.94. The predicted octanol–water partition coefficient (Wildman–Crippen LogP) is 2.20. The molecular weight excluding hydrogens is 174 g/mol. The highest BCUT2D eigenvalue weighted by molar-refractivity contribution is 5.99. The fraction of sp³-hybridized carbons (Fsp3) is 0.222. The molecule has 0 radical (unpaired) electrons. The first kappa shape index (κ1) is 11.0. The van der Waals surface area contributed by atoms with Gasteiger partial charge in [-0.3, -0.25) is 4.79 Å². The Balaban J connectivity index is 0.00000121. The molecule has 0 saturated carbocycles. The number of ketones is 1. The number of nitrogens with two attached hydrogens (primary N) is 1. The molecule has 66 valence electrons. The minimum absolute atomic E-state index is 0. The number of halogens is 1. The lowest BCUT2D eigenvalue weighted by atomic mass is 10.1. The van der Waals surface area contributed by atoms with Gasteiger partial charge in [-0.05, 0) is 25.5 Å². The van der Waals surface area contributed by atoms with Crippen molar-refractivity contribution in [2.75, 3.05) is 5.73 Å². The Hall–Kier alpha value is -1.02. The van der Waals surface area contributed by atoms with Gasteiger partial charge in [-0.2, -0.15) is 0 Å². The average molecular weight is 186 g/mol. The summed E-state index contributed by atoms with van der Waals surface area (Å²) in [6.07, 6.45) is 0. The second-order valence-corrected chi connectivity index (χ2v) is 2.59. The highest BCUT2D eigenvalue weighted by Crippen LogP contribution is 2.16. The first-order valence-corrected chi connectivity index (χ1v) is 3.49. The van der Waals surface area contributed by atoms with Crippen molar-refractivity contribution in [3.63, 3.8) is 0 Å². The lowest BCUT2D eigenvalue weighted by Crippen LogP contribution is -2.00. The Morgan fingerprint density at radius 2 is 2.00 bits per heavy atom. The molecule has 2 N–H and O–H groups in total. The van der Waals surface area contributed by atoms with Crippen molar-refractivity contribution in [1.82, 2.24) is 0 Å². The molecule has 0 heterocycles. The molecule has 0 saturated heterocycles. The molecule has 0 aromatic heterocycles. The molecule has 2 nitrogen and oxygen atoms in total. The van der Waals surface area contributed by atoms with Crippen LogP contribution in [0.4, 0.5) is 5.69 Å². The van der Waals surface area contributed by atoms with Crippen LogP contribution in [0.15, 0.2) is 18.2 Å². The van der Waals surface area contributed by atoms with Crippen molar-refractivity contribution >= 4 is 23.9 Å². The van der Waals surface area contributed by atoms with Crippen molar-refractivity contribution in [3.8, 4) is 0 Å². The van der Waals surface area contributed by atoms with Gasteiger partial charge in [0.2, 0.25) is 0 Å². The first-order valence-electron chi connectivity index (χ1n) is 3.49. The van der Waals surface area contributed by atoms with Gasteiger partial charge < -0.3 is 5.73 Å². The van der Waals surface area contributed by atoms with Gasteiger partial charge in [-0.15, -0.1) is 12.4 Å². The Labute approximate surface area is 78.2 Å². The third-order valence-corrected chi connectivity index (χ3v) is 1.70. The molecule has 0 aliphatic carbocycles. The van der Waals surface area contributed by atoms with Crippen molar-refractivity contribution in [1.29, 1.82) is 0 Å². The van der Waals surface area contributed by atoms with Crippen molar-refractivity contribution in [2.45, 2.75) is 13.8 Å². The van der Waals surface area contributed by atoms with Crippen LogP contribution in [0.5, 0.6) is 0 Å². The number of Topliss-reactive ketones (excluding diaryl/α,β-unsaturated/α-hetero) is 1. The molecule has 1 rings (SSSR count). The van der Waals surface area contributed by atoms with Crippen LogP contribution in [0.2, 0.25) is 0 Å². The molecule has 12 heavy (non-hydrogen) atoms. The lowest BCUT2D eigenvalue weighted by Gasteiger charge is -2.03. The van der Waals surface area contributed by atoms with Gasteiger partial charge in [0, 0.05) is 11.3 Å². The second kappa shape index (κ2) is 4.12. The molecule has 3 heteroatoms. The normalized spacial score (nSPS) is 8.83. The number of nitrogen functional groups attached to an aromatic ring is 1. The van der Waals surface area contributed by atoms with E-state index in [2.05, 4.69) is 0 Å². The van der Waals surface area contributed by atoms with Crippen molar-refractivity contribution in [2.24, 2.45) is 0 Å². The maximum Gasteiger partial charge on any atom is 0.161 e. The van der Waals surface area contributed by atoms with E-state index in [1.165, 1.54) is 6.92 Å². The molecule has 0 unspecified atom stereocenters. The number of rotatable bonds is 1. The number of hydrogen-bond donors (Lipinski definition) is 1. The largest absolute Gasteiger partial charge is 0.398 e. The van der Waals surface area contributed by atoms with E-state index in [0.717, 1.165) is 5.56 Å². The van der Waals surface area contributed by atoms with E-state index in [4.69, 9.17) is 5.73 Å². The monoisotopic (exact) mass is 185 g/mol. The lowest BCUT2D eigenvalue weighted by molar-refractivity contribution is 0.101. The first-order chi connectivity index (χ1) is 5.13. The third-order valence-electron chi connectivity index (χ3n) is 1.70. The number of benzene rings is 1. The summed E-state index contributed by atoms with van der Waals surface area (Å²) in [5.74, 6) is 0.0196. The van der Waals surface area contributed by atoms with Gasteiger partial charge in [-0.1, -0.05) is 12.1 Å². The molecule has 0 bridgehead atoms. The quantitative estimate of drug-likeness (QED) is 0.539. The maximum atomic E-state index is 10.9. The second-order valence-electron chi connectivity index (χ2n) is 2.59. The van der Waals surface area contributed by atoms with Crippen LogP contribution in [0.3, 0.4) is 0 Å². The number of aryl methyl sites for hydroxylation is 1. The van der Waals surface area contributed by atoms with E-state index in [1.807, 2.05) is 19.1 Å². The van der Waals surface area contributed by atoms with Crippen LogP contribution in [-0.4, -0.2) is 5.78 Å². The summed E-state index contributed by atoms with van der Waals surface area (Å²) in [5, 5.41) is 0. The summed E-state index contributed by atoms with van der Waals surface area (Å²) < 4.78 is 0.